The van der Waals surface area contributed by atoms with Crippen molar-refractivity contribution < 1.29 is 17.9 Å². The van der Waals surface area contributed by atoms with Crippen LogP contribution in [-0.4, -0.2) is 31.6 Å². The minimum absolute atomic E-state index is 0.100. The van der Waals surface area contributed by atoms with E-state index in [2.05, 4.69) is 4.72 Å². The van der Waals surface area contributed by atoms with Crippen LogP contribution in [0.2, 0.25) is 0 Å². The summed E-state index contributed by atoms with van der Waals surface area (Å²) in [6.07, 6.45) is 2.76. The van der Waals surface area contributed by atoms with Crippen LogP contribution in [0.4, 0.5) is 0 Å². The van der Waals surface area contributed by atoms with Crippen molar-refractivity contribution in [3.63, 3.8) is 0 Å². The van der Waals surface area contributed by atoms with Gasteiger partial charge in [-0.25, -0.2) is 13.1 Å². The fourth-order valence-electron chi connectivity index (χ4n) is 1.46. The molecular weight excluding hydrogens is 274 g/mol. The monoisotopic (exact) mass is 293 g/mol. The summed E-state index contributed by atoms with van der Waals surface area (Å²) in [4.78, 5) is 0.100. The Bertz CT molecular complexity index is 481. The molecule has 0 spiro atoms. The quantitative estimate of drug-likeness (QED) is 0.796. The average molecular weight is 293 g/mol. The number of rotatable bonds is 7. The van der Waals surface area contributed by atoms with Gasteiger partial charge < -0.3 is 9.52 Å². The van der Waals surface area contributed by atoms with Gasteiger partial charge >= 0.3 is 0 Å². The van der Waals surface area contributed by atoms with E-state index in [4.69, 9.17) is 9.52 Å². The smallest absolute Gasteiger partial charge is 0.244 e. The maximum Gasteiger partial charge on any atom is 0.244 e. The minimum atomic E-state index is -3.55. The zero-order valence-electron chi connectivity index (χ0n) is 10.8. The number of aryl methyl sites for hydroxylation is 1. The Labute approximate surface area is 112 Å². The lowest BCUT2D eigenvalue weighted by molar-refractivity contribution is 0.244. The van der Waals surface area contributed by atoms with Crippen LogP contribution in [0.3, 0.4) is 0 Å². The molecule has 0 saturated heterocycles. The molecule has 5 nitrogen and oxygen atoms in total. The lowest BCUT2D eigenvalue weighted by Gasteiger charge is -2.09. The summed E-state index contributed by atoms with van der Waals surface area (Å²) in [5, 5.41) is 9.32. The summed E-state index contributed by atoms with van der Waals surface area (Å²) in [5.74, 6) is 0.551. The summed E-state index contributed by atoms with van der Waals surface area (Å²) in [6, 6.07) is 1.36. The Kier molecular flexibility index (Phi) is 5.71. The number of aliphatic hydroxyl groups is 1. The Morgan fingerprint density at radius 3 is 2.72 bits per heavy atom. The summed E-state index contributed by atoms with van der Waals surface area (Å²) in [7, 11) is -3.55. The van der Waals surface area contributed by atoms with Crippen LogP contribution in [0.25, 0.3) is 0 Å². The molecule has 0 aliphatic heterocycles. The second kappa shape index (κ2) is 6.60. The third-order valence-corrected chi connectivity index (χ3v) is 5.22. The van der Waals surface area contributed by atoms with Gasteiger partial charge in [-0.05, 0) is 19.6 Å². The molecule has 2 N–H and O–H groups in total. The van der Waals surface area contributed by atoms with Crippen molar-refractivity contribution in [2.45, 2.75) is 37.0 Å². The van der Waals surface area contributed by atoms with Gasteiger partial charge in [-0.1, -0.05) is 6.92 Å². The molecular formula is C11H19NO4S2. The molecule has 0 amide bonds. The summed E-state index contributed by atoms with van der Waals surface area (Å²) >= 11 is 1.70. The molecule has 0 bridgehead atoms. The zero-order chi connectivity index (χ0) is 13.8. The number of furan rings is 1. The molecule has 1 rings (SSSR count). The topological polar surface area (TPSA) is 79.5 Å². The number of hydrogen-bond acceptors (Lipinski definition) is 5. The molecule has 0 aromatic carbocycles. The van der Waals surface area contributed by atoms with Crippen LogP contribution < -0.4 is 4.72 Å². The first-order valence-corrected chi connectivity index (χ1v) is 8.40. The van der Waals surface area contributed by atoms with E-state index in [9.17, 15) is 8.42 Å². The van der Waals surface area contributed by atoms with E-state index in [0.29, 0.717) is 17.6 Å². The number of aliphatic hydroxyl groups excluding tert-OH is 1. The van der Waals surface area contributed by atoms with E-state index in [-0.39, 0.29) is 17.3 Å². The molecule has 18 heavy (non-hydrogen) atoms. The lowest BCUT2D eigenvalue weighted by Crippen LogP contribution is -2.26. The maximum atomic E-state index is 12.0. The van der Waals surface area contributed by atoms with Gasteiger partial charge in [0.2, 0.25) is 10.0 Å². The summed E-state index contributed by atoms with van der Waals surface area (Å²) < 4.78 is 31.6. The number of thioether (sulfide) groups is 1. The predicted molar refractivity (Wildman–Crippen MR) is 72.2 cm³/mol. The fourth-order valence-corrected chi connectivity index (χ4v) is 3.06. The van der Waals surface area contributed by atoms with Crippen LogP contribution in [0.15, 0.2) is 15.4 Å². The van der Waals surface area contributed by atoms with Crippen LogP contribution >= 0.6 is 11.8 Å². The maximum absolute atomic E-state index is 12.0. The predicted octanol–water partition coefficient (Wildman–Crippen LogP) is 1.50. The lowest BCUT2D eigenvalue weighted by atomic mass is 10.3. The minimum Gasteiger partial charge on any atom is -0.462 e. The summed E-state index contributed by atoms with van der Waals surface area (Å²) in [5.41, 5.74) is 0. The van der Waals surface area contributed by atoms with E-state index >= 15 is 0 Å². The first-order valence-electron chi connectivity index (χ1n) is 5.63. The van der Waals surface area contributed by atoms with Gasteiger partial charge in [-0.3, -0.25) is 0 Å². The van der Waals surface area contributed by atoms with Crippen molar-refractivity contribution in [1.82, 2.24) is 4.72 Å². The first-order chi connectivity index (χ1) is 8.40. The highest BCUT2D eigenvalue weighted by Crippen LogP contribution is 2.20. The average Bonchev–Trinajstić information content (AvgIpc) is 2.71. The van der Waals surface area contributed by atoms with Gasteiger partial charge in [0.15, 0.2) is 0 Å². The van der Waals surface area contributed by atoms with Crippen molar-refractivity contribution in [1.29, 1.82) is 0 Å². The Morgan fingerprint density at radius 2 is 2.22 bits per heavy atom. The van der Waals surface area contributed by atoms with Gasteiger partial charge in [0.1, 0.15) is 23.0 Å². The van der Waals surface area contributed by atoms with Gasteiger partial charge in [-0.15, -0.1) is 0 Å². The molecule has 0 radical (unpaired) electrons. The van der Waals surface area contributed by atoms with Gasteiger partial charge in [0.05, 0.1) is 0 Å². The van der Waals surface area contributed by atoms with Crippen LogP contribution in [0.5, 0.6) is 0 Å². The Hall–Kier alpha value is -0.500. The molecule has 1 aromatic heterocycles. The number of nitrogens with one attached hydrogen (secondary N) is 1. The second-order valence-electron chi connectivity index (χ2n) is 4.02. The van der Waals surface area contributed by atoms with Gasteiger partial charge in [0, 0.05) is 17.9 Å². The molecule has 1 unspecified atom stereocenters. The molecule has 0 aliphatic rings. The SMILES string of the molecule is CSC(C)CCNS(=O)(=O)c1cc(CO)oc1C. The van der Waals surface area contributed by atoms with Crippen LogP contribution in [-0.2, 0) is 16.6 Å². The largest absolute Gasteiger partial charge is 0.462 e. The highest BCUT2D eigenvalue weighted by atomic mass is 32.2. The van der Waals surface area contributed by atoms with Crippen molar-refractivity contribution in [3.8, 4) is 0 Å². The number of hydrogen-bond donors (Lipinski definition) is 2. The van der Waals surface area contributed by atoms with Crippen LogP contribution in [0, 0.1) is 6.92 Å². The third-order valence-electron chi connectivity index (χ3n) is 2.61. The molecule has 1 aromatic rings. The molecule has 0 aliphatic carbocycles. The summed E-state index contributed by atoms with van der Waals surface area (Å²) in [6.45, 7) is 3.70. The fraction of sp³-hybridized carbons (Fsp3) is 0.636. The van der Waals surface area contributed by atoms with E-state index in [1.54, 1.807) is 18.7 Å². The Balaban J connectivity index is 2.71. The van der Waals surface area contributed by atoms with E-state index in [1.807, 2.05) is 13.2 Å². The Morgan fingerprint density at radius 1 is 1.56 bits per heavy atom. The standard InChI is InChI=1S/C11H19NO4S2/c1-8(17-3)4-5-12-18(14,15)11-6-10(7-13)16-9(11)2/h6,8,12-13H,4-5,7H2,1-3H3. The highest BCUT2D eigenvalue weighted by molar-refractivity contribution is 7.99. The zero-order valence-corrected chi connectivity index (χ0v) is 12.4. The van der Waals surface area contributed by atoms with Crippen molar-refractivity contribution in [3.05, 3.63) is 17.6 Å². The van der Waals surface area contributed by atoms with Crippen molar-refractivity contribution in [2.24, 2.45) is 0 Å². The molecule has 0 saturated carbocycles. The molecule has 0 fully saturated rings. The van der Waals surface area contributed by atoms with Gasteiger partial charge in [-0.2, -0.15) is 11.8 Å². The van der Waals surface area contributed by atoms with Gasteiger partial charge in [0.25, 0.3) is 0 Å². The third kappa shape index (κ3) is 4.01. The van der Waals surface area contributed by atoms with Crippen LogP contribution in [0.1, 0.15) is 24.9 Å². The van der Waals surface area contributed by atoms with E-state index in [1.165, 1.54) is 6.07 Å². The molecule has 104 valence electrons. The molecule has 1 atom stereocenters. The van der Waals surface area contributed by atoms with E-state index < -0.39 is 10.0 Å². The number of sulfonamides is 1. The van der Waals surface area contributed by atoms with E-state index in [0.717, 1.165) is 6.42 Å². The normalized spacial score (nSPS) is 13.8. The second-order valence-corrected chi connectivity index (χ2v) is 7.04. The highest BCUT2D eigenvalue weighted by Gasteiger charge is 2.20. The molecule has 7 heteroatoms. The molecule has 1 heterocycles. The van der Waals surface area contributed by atoms with Crippen molar-refractivity contribution in [2.75, 3.05) is 12.8 Å². The van der Waals surface area contributed by atoms with Crippen molar-refractivity contribution >= 4 is 21.8 Å². The first kappa shape index (κ1) is 15.6.